The monoisotopic (exact) mass is 238 g/mol. The molecule has 0 aliphatic heterocycles. The second-order valence-corrected chi connectivity index (χ2v) is 4.15. The summed E-state index contributed by atoms with van der Waals surface area (Å²) in [5, 5.41) is 10.4. The third-order valence-electron chi connectivity index (χ3n) is 2.90. The van der Waals surface area contributed by atoms with Crippen LogP contribution in [0.25, 0.3) is 0 Å². The van der Waals surface area contributed by atoms with Gasteiger partial charge in [-0.2, -0.15) is 5.10 Å². The predicted molar refractivity (Wildman–Crippen MR) is 67.7 cm³/mol. The van der Waals surface area contributed by atoms with Gasteiger partial charge in [0.05, 0.1) is 5.69 Å². The lowest BCUT2D eigenvalue weighted by molar-refractivity contribution is -0.121. The van der Waals surface area contributed by atoms with Gasteiger partial charge in [-0.15, -0.1) is 0 Å². The Morgan fingerprint density at radius 2 is 2.12 bits per heavy atom. The molecule has 0 aromatic carbocycles. The molecule has 1 amide bonds. The zero-order valence-corrected chi connectivity index (χ0v) is 11.1. The Balaban J connectivity index is 2.42. The molecule has 0 saturated carbocycles. The molecule has 0 bridgehead atoms. The summed E-state index contributed by atoms with van der Waals surface area (Å²) >= 11 is 0. The fourth-order valence-electron chi connectivity index (χ4n) is 1.73. The van der Waals surface area contributed by atoms with Gasteiger partial charge in [-0.3, -0.25) is 9.48 Å². The SMILES string of the molecule is CCNCCC(=O)NCc1c(C)nn(C)c1C. The molecule has 0 radical (unpaired) electrons. The molecule has 1 heterocycles. The van der Waals surface area contributed by atoms with Crippen LogP contribution in [0.4, 0.5) is 0 Å². The highest BCUT2D eigenvalue weighted by molar-refractivity contribution is 5.76. The van der Waals surface area contributed by atoms with E-state index in [0.29, 0.717) is 13.0 Å². The Morgan fingerprint density at radius 1 is 1.41 bits per heavy atom. The van der Waals surface area contributed by atoms with Crippen molar-refractivity contribution < 1.29 is 4.79 Å². The number of aryl methyl sites for hydroxylation is 2. The van der Waals surface area contributed by atoms with Crippen LogP contribution in [0.15, 0.2) is 0 Å². The van der Waals surface area contributed by atoms with Crippen LogP contribution in [0, 0.1) is 13.8 Å². The lowest BCUT2D eigenvalue weighted by atomic mass is 10.2. The number of carbonyl (C=O) groups excluding carboxylic acids is 1. The highest BCUT2D eigenvalue weighted by Crippen LogP contribution is 2.10. The summed E-state index contributed by atoms with van der Waals surface area (Å²) < 4.78 is 1.84. The second kappa shape index (κ2) is 6.39. The molecule has 2 N–H and O–H groups in total. The smallest absolute Gasteiger partial charge is 0.221 e. The van der Waals surface area contributed by atoms with E-state index in [-0.39, 0.29) is 5.91 Å². The van der Waals surface area contributed by atoms with Gasteiger partial charge in [-0.05, 0) is 20.4 Å². The summed E-state index contributed by atoms with van der Waals surface area (Å²) in [4.78, 5) is 11.5. The molecule has 0 atom stereocenters. The highest BCUT2D eigenvalue weighted by atomic mass is 16.1. The standard InChI is InChI=1S/C12H22N4O/c1-5-13-7-6-12(17)14-8-11-9(2)15-16(4)10(11)3/h13H,5-8H2,1-4H3,(H,14,17). The number of nitrogens with one attached hydrogen (secondary N) is 2. The van der Waals surface area contributed by atoms with E-state index >= 15 is 0 Å². The van der Waals surface area contributed by atoms with Gasteiger partial charge >= 0.3 is 0 Å². The van der Waals surface area contributed by atoms with E-state index in [4.69, 9.17) is 0 Å². The zero-order valence-electron chi connectivity index (χ0n) is 11.1. The zero-order chi connectivity index (χ0) is 12.8. The van der Waals surface area contributed by atoms with Crippen molar-refractivity contribution in [3.8, 4) is 0 Å². The van der Waals surface area contributed by atoms with E-state index in [1.54, 1.807) is 0 Å². The largest absolute Gasteiger partial charge is 0.352 e. The van der Waals surface area contributed by atoms with Crippen LogP contribution >= 0.6 is 0 Å². The number of nitrogens with zero attached hydrogens (tertiary/aromatic N) is 2. The van der Waals surface area contributed by atoms with Gasteiger partial charge in [-0.1, -0.05) is 6.92 Å². The minimum absolute atomic E-state index is 0.0774. The molecule has 0 spiro atoms. The third-order valence-corrected chi connectivity index (χ3v) is 2.90. The molecule has 17 heavy (non-hydrogen) atoms. The van der Waals surface area contributed by atoms with Crippen molar-refractivity contribution in [1.29, 1.82) is 0 Å². The maximum atomic E-state index is 11.5. The lowest BCUT2D eigenvalue weighted by Crippen LogP contribution is -2.27. The number of carbonyl (C=O) groups is 1. The first-order valence-electron chi connectivity index (χ1n) is 6.02. The van der Waals surface area contributed by atoms with Crippen LogP contribution < -0.4 is 10.6 Å². The van der Waals surface area contributed by atoms with Gasteiger partial charge in [0.2, 0.25) is 5.91 Å². The topological polar surface area (TPSA) is 59.0 Å². The van der Waals surface area contributed by atoms with E-state index in [1.807, 2.05) is 32.5 Å². The Labute approximate surface area is 103 Å². The van der Waals surface area contributed by atoms with E-state index in [1.165, 1.54) is 0 Å². The first kappa shape index (κ1) is 13.7. The molecule has 0 unspecified atom stereocenters. The van der Waals surface area contributed by atoms with Crippen molar-refractivity contribution in [2.45, 2.75) is 33.7 Å². The molecule has 1 rings (SSSR count). The molecule has 1 aromatic rings. The lowest BCUT2D eigenvalue weighted by Gasteiger charge is -2.06. The van der Waals surface area contributed by atoms with E-state index in [9.17, 15) is 4.79 Å². The molecule has 0 fully saturated rings. The van der Waals surface area contributed by atoms with Gasteiger partial charge in [0, 0.05) is 37.8 Å². The number of rotatable bonds is 6. The van der Waals surface area contributed by atoms with Crippen molar-refractivity contribution in [2.24, 2.45) is 7.05 Å². The molecule has 96 valence electrons. The fraction of sp³-hybridized carbons (Fsp3) is 0.667. The van der Waals surface area contributed by atoms with Gasteiger partial charge in [-0.25, -0.2) is 0 Å². The first-order valence-corrected chi connectivity index (χ1v) is 6.02. The van der Waals surface area contributed by atoms with Crippen LogP contribution in [0.1, 0.15) is 30.3 Å². The molecule has 0 aliphatic carbocycles. The van der Waals surface area contributed by atoms with Crippen LogP contribution in [-0.4, -0.2) is 28.8 Å². The van der Waals surface area contributed by atoms with E-state index in [2.05, 4.69) is 15.7 Å². The summed E-state index contributed by atoms with van der Waals surface area (Å²) in [5.41, 5.74) is 3.20. The van der Waals surface area contributed by atoms with Gasteiger partial charge < -0.3 is 10.6 Å². The number of hydrogen-bond acceptors (Lipinski definition) is 3. The summed E-state index contributed by atoms with van der Waals surface area (Å²) in [6.07, 6.45) is 0.520. The van der Waals surface area contributed by atoms with Crippen LogP contribution in [0.2, 0.25) is 0 Å². The molecular formula is C12H22N4O. The van der Waals surface area contributed by atoms with Crippen molar-refractivity contribution in [3.05, 3.63) is 17.0 Å². The van der Waals surface area contributed by atoms with Crippen LogP contribution in [0.3, 0.4) is 0 Å². The van der Waals surface area contributed by atoms with Crippen molar-refractivity contribution in [1.82, 2.24) is 20.4 Å². The third kappa shape index (κ3) is 3.85. The van der Waals surface area contributed by atoms with Gasteiger partial charge in [0.25, 0.3) is 0 Å². The number of amides is 1. The predicted octanol–water partition coefficient (Wildman–Crippen LogP) is 0.653. The van der Waals surface area contributed by atoms with Crippen molar-refractivity contribution in [2.75, 3.05) is 13.1 Å². The van der Waals surface area contributed by atoms with Crippen molar-refractivity contribution >= 4 is 5.91 Å². The van der Waals surface area contributed by atoms with Gasteiger partial charge in [0.15, 0.2) is 0 Å². The summed E-state index contributed by atoms with van der Waals surface area (Å²) in [7, 11) is 1.92. The Morgan fingerprint density at radius 3 is 2.65 bits per heavy atom. The highest BCUT2D eigenvalue weighted by Gasteiger charge is 2.10. The van der Waals surface area contributed by atoms with Crippen LogP contribution in [0.5, 0.6) is 0 Å². The second-order valence-electron chi connectivity index (χ2n) is 4.15. The molecule has 1 aromatic heterocycles. The maximum absolute atomic E-state index is 11.5. The average Bonchev–Trinajstić information content (AvgIpc) is 2.51. The normalized spacial score (nSPS) is 10.6. The van der Waals surface area contributed by atoms with Crippen molar-refractivity contribution in [3.63, 3.8) is 0 Å². The Kier molecular flexibility index (Phi) is 5.15. The fourth-order valence-corrected chi connectivity index (χ4v) is 1.73. The summed E-state index contributed by atoms with van der Waals surface area (Å²) in [6.45, 7) is 8.20. The van der Waals surface area contributed by atoms with Gasteiger partial charge in [0.1, 0.15) is 0 Å². The number of hydrogen-bond donors (Lipinski definition) is 2. The van der Waals surface area contributed by atoms with E-state index in [0.717, 1.165) is 30.0 Å². The first-order chi connectivity index (χ1) is 8.06. The Bertz CT molecular complexity index is 384. The van der Waals surface area contributed by atoms with E-state index < -0.39 is 0 Å². The summed E-state index contributed by atoms with van der Waals surface area (Å²) in [6, 6.07) is 0. The number of aromatic nitrogens is 2. The minimum Gasteiger partial charge on any atom is -0.352 e. The molecule has 0 saturated heterocycles. The maximum Gasteiger partial charge on any atom is 0.221 e. The molecule has 5 nitrogen and oxygen atoms in total. The minimum atomic E-state index is 0.0774. The summed E-state index contributed by atoms with van der Waals surface area (Å²) in [5.74, 6) is 0.0774. The van der Waals surface area contributed by atoms with Crippen LogP contribution in [-0.2, 0) is 18.4 Å². The Hall–Kier alpha value is -1.36. The average molecular weight is 238 g/mol. The quantitative estimate of drug-likeness (QED) is 0.716. The molecule has 0 aliphatic rings. The molecular weight excluding hydrogens is 216 g/mol. The molecule has 5 heteroatoms.